The Labute approximate surface area is 86.4 Å². The summed E-state index contributed by atoms with van der Waals surface area (Å²) in [7, 11) is 0. The second kappa shape index (κ2) is 3.68. The van der Waals surface area contributed by atoms with E-state index in [1.54, 1.807) is 0 Å². The van der Waals surface area contributed by atoms with E-state index < -0.39 is 0 Å². The van der Waals surface area contributed by atoms with E-state index in [2.05, 4.69) is 40.3 Å². The van der Waals surface area contributed by atoms with Gasteiger partial charge in [-0.25, -0.2) is 0 Å². The zero-order valence-electron chi connectivity index (χ0n) is 7.56. The van der Waals surface area contributed by atoms with E-state index in [1.807, 2.05) is 0 Å². The Balaban J connectivity index is 2.47. The summed E-state index contributed by atoms with van der Waals surface area (Å²) in [6.45, 7) is 4.66. The van der Waals surface area contributed by atoms with Crippen molar-refractivity contribution < 1.29 is 4.74 Å². The van der Waals surface area contributed by atoms with Crippen molar-refractivity contribution in [3.8, 4) is 5.75 Å². The van der Waals surface area contributed by atoms with Gasteiger partial charge in [-0.15, -0.1) is 0 Å². The fraction of sp³-hybridized carbons (Fsp3) is 0.400. The first-order chi connectivity index (χ1) is 6.27. The molecule has 1 aliphatic rings. The standard InChI is InChI=1S/C10H12BrNO/c1-7-4-9(11)5-8-6-12-2-3-13-10(7)8/h4-5,12H,2-3,6H2,1H3. The van der Waals surface area contributed by atoms with Gasteiger partial charge in [0.1, 0.15) is 12.4 Å². The van der Waals surface area contributed by atoms with Crippen LogP contribution >= 0.6 is 15.9 Å². The minimum absolute atomic E-state index is 0.759. The van der Waals surface area contributed by atoms with Crippen molar-refractivity contribution in [3.63, 3.8) is 0 Å². The SMILES string of the molecule is Cc1cc(Br)cc2c1OCCNC2. The van der Waals surface area contributed by atoms with Gasteiger partial charge in [-0.05, 0) is 24.6 Å². The average molecular weight is 242 g/mol. The van der Waals surface area contributed by atoms with Gasteiger partial charge >= 0.3 is 0 Å². The number of benzene rings is 1. The van der Waals surface area contributed by atoms with Crippen LogP contribution in [0.5, 0.6) is 5.75 Å². The topological polar surface area (TPSA) is 21.3 Å². The summed E-state index contributed by atoms with van der Waals surface area (Å²) in [6.07, 6.45) is 0. The first-order valence-corrected chi connectivity index (χ1v) is 5.19. The highest BCUT2D eigenvalue weighted by molar-refractivity contribution is 9.10. The van der Waals surface area contributed by atoms with E-state index in [4.69, 9.17) is 4.74 Å². The fourth-order valence-electron chi connectivity index (χ4n) is 1.59. The van der Waals surface area contributed by atoms with Gasteiger partial charge in [-0.1, -0.05) is 15.9 Å². The van der Waals surface area contributed by atoms with Gasteiger partial charge < -0.3 is 10.1 Å². The van der Waals surface area contributed by atoms with E-state index in [-0.39, 0.29) is 0 Å². The Bertz CT molecular complexity index is 325. The molecule has 0 aliphatic carbocycles. The summed E-state index contributed by atoms with van der Waals surface area (Å²) in [4.78, 5) is 0. The highest BCUT2D eigenvalue weighted by atomic mass is 79.9. The van der Waals surface area contributed by atoms with Crippen LogP contribution in [0.4, 0.5) is 0 Å². The highest BCUT2D eigenvalue weighted by Crippen LogP contribution is 2.28. The Morgan fingerprint density at radius 2 is 2.31 bits per heavy atom. The molecule has 1 heterocycles. The summed E-state index contributed by atoms with van der Waals surface area (Å²) in [5.41, 5.74) is 2.44. The fourth-order valence-corrected chi connectivity index (χ4v) is 2.21. The molecule has 0 spiro atoms. The van der Waals surface area contributed by atoms with Gasteiger partial charge in [0.25, 0.3) is 0 Å². The number of hydrogen-bond acceptors (Lipinski definition) is 2. The number of halogens is 1. The second-order valence-electron chi connectivity index (χ2n) is 3.24. The third kappa shape index (κ3) is 1.86. The maximum absolute atomic E-state index is 5.65. The lowest BCUT2D eigenvalue weighted by Crippen LogP contribution is -2.16. The maximum atomic E-state index is 5.65. The van der Waals surface area contributed by atoms with Crippen molar-refractivity contribution in [2.45, 2.75) is 13.5 Å². The monoisotopic (exact) mass is 241 g/mol. The minimum Gasteiger partial charge on any atom is -0.492 e. The summed E-state index contributed by atoms with van der Waals surface area (Å²) in [6, 6.07) is 4.20. The molecule has 2 rings (SSSR count). The van der Waals surface area contributed by atoms with Crippen molar-refractivity contribution in [1.82, 2.24) is 5.32 Å². The molecule has 1 N–H and O–H groups in total. The molecule has 3 heteroatoms. The van der Waals surface area contributed by atoms with Crippen LogP contribution in [0, 0.1) is 6.92 Å². The Hall–Kier alpha value is -0.540. The van der Waals surface area contributed by atoms with Crippen molar-refractivity contribution in [3.05, 3.63) is 27.7 Å². The molecule has 0 radical (unpaired) electrons. The van der Waals surface area contributed by atoms with Crippen molar-refractivity contribution in [2.24, 2.45) is 0 Å². The van der Waals surface area contributed by atoms with E-state index in [0.717, 1.165) is 29.9 Å². The molecule has 13 heavy (non-hydrogen) atoms. The molecule has 0 saturated carbocycles. The maximum Gasteiger partial charge on any atom is 0.126 e. The van der Waals surface area contributed by atoms with Gasteiger partial charge in [0, 0.05) is 23.1 Å². The van der Waals surface area contributed by atoms with Crippen molar-refractivity contribution in [2.75, 3.05) is 13.2 Å². The quantitative estimate of drug-likeness (QED) is 0.753. The highest BCUT2D eigenvalue weighted by Gasteiger charge is 2.11. The van der Waals surface area contributed by atoms with Gasteiger partial charge in [-0.3, -0.25) is 0 Å². The van der Waals surface area contributed by atoms with E-state index in [0.29, 0.717) is 0 Å². The first-order valence-electron chi connectivity index (χ1n) is 4.40. The number of nitrogens with one attached hydrogen (secondary N) is 1. The van der Waals surface area contributed by atoms with E-state index in [9.17, 15) is 0 Å². The third-order valence-electron chi connectivity index (χ3n) is 2.16. The average Bonchev–Trinajstić information content (AvgIpc) is 2.28. The zero-order valence-corrected chi connectivity index (χ0v) is 9.15. The second-order valence-corrected chi connectivity index (χ2v) is 4.15. The smallest absolute Gasteiger partial charge is 0.126 e. The summed E-state index contributed by atoms with van der Waals surface area (Å²) >= 11 is 3.48. The molecular formula is C10H12BrNO. The van der Waals surface area contributed by atoms with Crippen LogP contribution in [0.2, 0.25) is 0 Å². The van der Waals surface area contributed by atoms with Crippen LogP contribution in [-0.2, 0) is 6.54 Å². The van der Waals surface area contributed by atoms with Crippen LogP contribution in [0.15, 0.2) is 16.6 Å². The molecule has 70 valence electrons. The lowest BCUT2D eigenvalue weighted by molar-refractivity contribution is 0.323. The molecule has 0 bridgehead atoms. The number of ether oxygens (including phenoxy) is 1. The van der Waals surface area contributed by atoms with Crippen molar-refractivity contribution in [1.29, 1.82) is 0 Å². The molecule has 1 aromatic carbocycles. The van der Waals surface area contributed by atoms with Gasteiger partial charge in [0.15, 0.2) is 0 Å². The first kappa shape index (κ1) is 9.03. The van der Waals surface area contributed by atoms with E-state index in [1.165, 1.54) is 11.1 Å². The van der Waals surface area contributed by atoms with Crippen LogP contribution in [-0.4, -0.2) is 13.2 Å². The Kier molecular flexibility index (Phi) is 2.56. The van der Waals surface area contributed by atoms with Crippen LogP contribution in [0.1, 0.15) is 11.1 Å². The summed E-state index contributed by atoms with van der Waals surface area (Å²) in [5.74, 6) is 1.05. The third-order valence-corrected chi connectivity index (χ3v) is 2.61. The molecule has 0 aromatic heterocycles. The van der Waals surface area contributed by atoms with E-state index >= 15 is 0 Å². The molecule has 0 fully saturated rings. The summed E-state index contributed by atoms with van der Waals surface area (Å²) in [5, 5.41) is 3.31. The largest absolute Gasteiger partial charge is 0.492 e. The molecule has 2 nitrogen and oxygen atoms in total. The van der Waals surface area contributed by atoms with Gasteiger partial charge in [-0.2, -0.15) is 0 Å². The Morgan fingerprint density at radius 1 is 1.46 bits per heavy atom. The molecule has 0 amide bonds. The molecule has 0 atom stereocenters. The molecule has 1 aliphatic heterocycles. The number of rotatable bonds is 0. The molecule has 0 saturated heterocycles. The predicted octanol–water partition coefficient (Wildman–Crippen LogP) is 2.24. The molecular weight excluding hydrogens is 230 g/mol. The number of aryl methyl sites for hydroxylation is 1. The summed E-state index contributed by atoms with van der Waals surface area (Å²) < 4.78 is 6.77. The predicted molar refractivity (Wildman–Crippen MR) is 56.1 cm³/mol. The normalized spacial score (nSPS) is 15.8. The lowest BCUT2D eigenvalue weighted by Gasteiger charge is -2.10. The van der Waals surface area contributed by atoms with Crippen LogP contribution < -0.4 is 10.1 Å². The number of hydrogen-bond donors (Lipinski definition) is 1. The number of fused-ring (bicyclic) bond motifs is 1. The zero-order chi connectivity index (χ0) is 9.26. The van der Waals surface area contributed by atoms with Gasteiger partial charge in [0.2, 0.25) is 0 Å². The minimum atomic E-state index is 0.759. The van der Waals surface area contributed by atoms with Crippen LogP contribution in [0.3, 0.4) is 0 Å². The van der Waals surface area contributed by atoms with Crippen LogP contribution in [0.25, 0.3) is 0 Å². The molecule has 1 aromatic rings. The van der Waals surface area contributed by atoms with Gasteiger partial charge in [0.05, 0.1) is 0 Å². The lowest BCUT2D eigenvalue weighted by atomic mass is 10.1. The Morgan fingerprint density at radius 3 is 3.15 bits per heavy atom. The van der Waals surface area contributed by atoms with Crippen molar-refractivity contribution >= 4 is 15.9 Å². The molecule has 0 unspecified atom stereocenters.